The smallest absolute Gasteiger partial charge is 0.349 e. The fourth-order valence-electron chi connectivity index (χ4n) is 3.12. The Morgan fingerprint density at radius 3 is 2.40 bits per heavy atom. The molecule has 1 aromatic heterocycles. The second kappa shape index (κ2) is 8.21. The van der Waals surface area contributed by atoms with Crippen LogP contribution in [0.5, 0.6) is 11.5 Å². The van der Waals surface area contributed by atoms with E-state index < -0.39 is 11.8 Å². The van der Waals surface area contributed by atoms with Gasteiger partial charge in [0.1, 0.15) is 28.7 Å². The Bertz CT molecular complexity index is 1260. The zero-order chi connectivity index (χ0) is 21.1. The van der Waals surface area contributed by atoms with Gasteiger partial charge < -0.3 is 13.9 Å². The first-order valence-corrected chi connectivity index (χ1v) is 9.23. The normalized spacial score (nSPS) is 10.7. The monoisotopic (exact) mass is 404 g/mol. The Morgan fingerprint density at radius 2 is 1.67 bits per heavy atom. The van der Waals surface area contributed by atoms with Crippen LogP contribution in [0.2, 0.25) is 0 Å². The minimum absolute atomic E-state index is 0.155. The number of aryl methyl sites for hydroxylation is 1. The Balaban J connectivity index is 1.54. The molecular weight excluding hydrogens is 387 g/mol. The van der Waals surface area contributed by atoms with Crippen LogP contribution in [0.25, 0.3) is 22.1 Å². The molecule has 0 amide bonds. The number of benzene rings is 3. The van der Waals surface area contributed by atoms with Crippen LogP contribution >= 0.6 is 0 Å². The number of hydrogen-bond donors (Lipinski definition) is 0. The predicted octanol–water partition coefficient (Wildman–Crippen LogP) is 4.89. The highest BCUT2D eigenvalue weighted by Gasteiger charge is 2.15. The standard InChI is InChI=1S/C24H17FO5/c1-15-23(16-5-3-2-4-6-16)24(27)20-12-11-19(13-21(20)29-15)30-22(26)14-28-18-9-7-17(25)8-10-18/h2-13H,14H2,1H3. The van der Waals surface area contributed by atoms with Crippen LogP contribution in [0.4, 0.5) is 4.39 Å². The van der Waals surface area contributed by atoms with Gasteiger partial charge in [0.2, 0.25) is 5.43 Å². The van der Waals surface area contributed by atoms with E-state index in [0.29, 0.717) is 28.0 Å². The number of fused-ring (bicyclic) bond motifs is 1. The van der Waals surface area contributed by atoms with Crippen LogP contribution in [0.15, 0.2) is 82.0 Å². The maximum atomic E-state index is 13.0. The molecule has 150 valence electrons. The molecule has 0 fully saturated rings. The number of rotatable bonds is 5. The summed E-state index contributed by atoms with van der Waals surface area (Å²) in [6.45, 7) is 1.37. The average Bonchev–Trinajstić information content (AvgIpc) is 2.74. The van der Waals surface area contributed by atoms with Crippen molar-refractivity contribution in [3.05, 3.63) is 94.6 Å². The van der Waals surface area contributed by atoms with Crippen LogP contribution in [-0.4, -0.2) is 12.6 Å². The molecule has 0 saturated heterocycles. The van der Waals surface area contributed by atoms with Crippen LogP contribution < -0.4 is 14.9 Å². The van der Waals surface area contributed by atoms with E-state index in [-0.39, 0.29) is 17.8 Å². The van der Waals surface area contributed by atoms with Crippen molar-refractivity contribution in [3.63, 3.8) is 0 Å². The molecule has 30 heavy (non-hydrogen) atoms. The fourth-order valence-corrected chi connectivity index (χ4v) is 3.12. The molecule has 6 heteroatoms. The second-order valence-corrected chi connectivity index (χ2v) is 6.60. The van der Waals surface area contributed by atoms with E-state index in [1.54, 1.807) is 13.0 Å². The summed E-state index contributed by atoms with van der Waals surface area (Å²) in [7, 11) is 0. The van der Waals surface area contributed by atoms with E-state index >= 15 is 0 Å². The molecule has 4 aromatic rings. The molecule has 0 spiro atoms. The number of halogens is 1. The first-order chi connectivity index (χ1) is 14.5. The summed E-state index contributed by atoms with van der Waals surface area (Å²) in [5.74, 6) is 0.0147. The lowest BCUT2D eigenvalue weighted by atomic mass is 10.0. The zero-order valence-electron chi connectivity index (χ0n) is 16.1. The predicted molar refractivity (Wildman–Crippen MR) is 110 cm³/mol. The van der Waals surface area contributed by atoms with Crippen LogP contribution in [0.1, 0.15) is 5.76 Å². The minimum atomic E-state index is -0.640. The molecule has 0 saturated carbocycles. The summed E-state index contributed by atoms with van der Waals surface area (Å²) in [5, 5.41) is 0.391. The third-order valence-electron chi connectivity index (χ3n) is 4.50. The van der Waals surface area contributed by atoms with Gasteiger partial charge in [0.25, 0.3) is 0 Å². The van der Waals surface area contributed by atoms with Gasteiger partial charge in [-0.1, -0.05) is 30.3 Å². The largest absolute Gasteiger partial charge is 0.482 e. The van der Waals surface area contributed by atoms with E-state index in [1.807, 2.05) is 30.3 Å². The summed E-state index contributed by atoms with van der Waals surface area (Å²) < 4.78 is 29.3. The van der Waals surface area contributed by atoms with Crippen molar-refractivity contribution in [1.82, 2.24) is 0 Å². The van der Waals surface area contributed by atoms with Crippen LogP contribution in [0.3, 0.4) is 0 Å². The Kier molecular flexibility index (Phi) is 5.30. The van der Waals surface area contributed by atoms with Crippen LogP contribution in [0, 0.1) is 12.7 Å². The molecule has 0 bridgehead atoms. The van der Waals surface area contributed by atoms with Crippen molar-refractivity contribution in [1.29, 1.82) is 0 Å². The van der Waals surface area contributed by atoms with Crippen molar-refractivity contribution in [2.24, 2.45) is 0 Å². The zero-order valence-corrected chi connectivity index (χ0v) is 16.1. The molecule has 0 aliphatic heterocycles. The maximum absolute atomic E-state index is 13.0. The van der Waals surface area contributed by atoms with Gasteiger partial charge >= 0.3 is 5.97 Å². The third kappa shape index (κ3) is 4.07. The quantitative estimate of drug-likeness (QED) is 0.350. The van der Waals surface area contributed by atoms with Gasteiger partial charge in [0.05, 0.1) is 10.9 Å². The first-order valence-electron chi connectivity index (χ1n) is 9.23. The van der Waals surface area contributed by atoms with Crippen molar-refractivity contribution in [2.75, 3.05) is 6.61 Å². The van der Waals surface area contributed by atoms with Gasteiger partial charge in [0.15, 0.2) is 6.61 Å². The SMILES string of the molecule is Cc1oc2cc(OC(=O)COc3ccc(F)cc3)ccc2c(=O)c1-c1ccccc1. The molecule has 0 radical (unpaired) electrons. The van der Waals surface area contributed by atoms with Crippen molar-refractivity contribution < 1.29 is 23.1 Å². The molecule has 1 heterocycles. The van der Waals surface area contributed by atoms with Gasteiger partial charge in [-0.2, -0.15) is 0 Å². The number of carbonyl (C=O) groups is 1. The molecule has 5 nitrogen and oxygen atoms in total. The lowest BCUT2D eigenvalue weighted by Crippen LogP contribution is -2.17. The van der Waals surface area contributed by atoms with Gasteiger partial charge in [-0.3, -0.25) is 4.79 Å². The highest BCUT2D eigenvalue weighted by atomic mass is 19.1. The van der Waals surface area contributed by atoms with E-state index in [0.717, 1.165) is 5.56 Å². The lowest BCUT2D eigenvalue weighted by Gasteiger charge is -2.09. The van der Waals surface area contributed by atoms with E-state index in [2.05, 4.69) is 0 Å². The summed E-state index contributed by atoms with van der Waals surface area (Å²) in [6.07, 6.45) is 0. The third-order valence-corrected chi connectivity index (χ3v) is 4.50. The average molecular weight is 404 g/mol. The van der Waals surface area contributed by atoms with Crippen molar-refractivity contribution in [3.8, 4) is 22.6 Å². The Hall–Kier alpha value is -3.93. The number of ether oxygens (including phenoxy) is 2. The lowest BCUT2D eigenvalue weighted by molar-refractivity contribution is -0.136. The molecule has 0 atom stereocenters. The number of esters is 1. The minimum Gasteiger partial charge on any atom is -0.482 e. The van der Waals surface area contributed by atoms with Crippen LogP contribution in [-0.2, 0) is 4.79 Å². The highest BCUT2D eigenvalue weighted by Crippen LogP contribution is 2.26. The number of carbonyl (C=O) groups excluding carboxylic acids is 1. The summed E-state index contributed by atoms with van der Waals surface area (Å²) in [4.78, 5) is 25.0. The highest BCUT2D eigenvalue weighted by molar-refractivity contribution is 5.84. The van der Waals surface area contributed by atoms with Crippen molar-refractivity contribution in [2.45, 2.75) is 6.92 Å². The van der Waals surface area contributed by atoms with Gasteiger partial charge in [0, 0.05) is 6.07 Å². The Morgan fingerprint density at radius 1 is 0.967 bits per heavy atom. The maximum Gasteiger partial charge on any atom is 0.349 e. The van der Waals surface area contributed by atoms with E-state index in [1.165, 1.54) is 36.4 Å². The fraction of sp³-hybridized carbons (Fsp3) is 0.0833. The number of hydrogen-bond acceptors (Lipinski definition) is 5. The summed E-state index contributed by atoms with van der Waals surface area (Å²) in [6, 6.07) is 19.2. The summed E-state index contributed by atoms with van der Waals surface area (Å²) >= 11 is 0. The molecule has 0 aliphatic rings. The van der Waals surface area contributed by atoms with Gasteiger partial charge in [-0.15, -0.1) is 0 Å². The molecule has 0 unspecified atom stereocenters. The molecule has 0 N–H and O–H groups in total. The molecule has 4 rings (SSSR count). The van der Waals surface area contributed by atoms with Crippen molar-refractivity contribution >= 4 is 16.9 Å². The second-order valence-electron chi connectivity index (χ2n) is 6.60. The molecule has 0 aliphatic carbocycles. The molecule has 3 aromatic carbocycles. The van der Waals surface area contributed by atoms with E-state index in [4.69, 9.17) is 13.9 Å². The summed E-state index contributed by atoms with van der Waals surface area (Å²) in [5.41, 5.74) is 1.44. The van der Waals surface area contributed by atoms with Gasteiger partial charge in [-0.05, 0) is 48.9 Å². The van der Waals surface area contributed by atoms with E-state index in [9.17, 15) is 14.0 Å². The first kappa shape index (κ1) is 19.4. The molecular formula is C24H17FO5. The topological polar surface area (TPSA) is 65.7 Å². The van der Waals surface area contributed by atoms with Gasteiger partial charge in [-0.25, -0.2) is 9.18 Å². The Labute approximate surface area is 171 Å².